The molecule has 3 aromatic rings. The number of hydrogen-bond acceptors (Lipinski definition) is 4. The molecule has 3 rings (SSSR count). The molecule has 1 unspecified atom stereocenters. The molecule has 6 nitrogen and oxygen atoms in total. The topological polar surface area (TPSA) is 73.2 Å². The number of amides is 1. The Morgan fingerprint density at radius 2 is 1.79 bits per heavy atom. The van der Waals surface area contributed by atoms with Gasteiger partial charge in [0, 0.05) is 0 Å². The van der Waals surface area contributed by atoms with Crippen LogP contribution in [0.3, 0.4) is 0 Å². The number of rotatable bonds is 3. The molecule has 0 radical (unpaired) electrons. The first-order chi connectivity index (χ1) is 15.2. The minimum Gasteiger partial charge on any atom is -0.444 e. The van der Waals surface area contributed by atoms with Gasteiger partial charge < -0.3 is 10.1 Å². The summed E-state index contributed by atoms with van der Waals surface area (Å²) in [5.41, 5.74) is -3.89. The molecule has 0 fully saturated rings. The van der Waals surface area contributed by atoms with Crippen molar-refractivity contribution < 1.29 is 31.5 Å². The van der Waals surface area contributed by atoms with Crippen LogP contribution in [-0.2, 0) is 10.9 Å². The fraction of sp³-hybridized carbons (Fsp3) is 0.318. The third-order valence-electron chi connectivity index (χ3n) is 4.46. The molecule has 1 atom stereocenters. The van der Waals surface area contributed by atoms with Crippen LogP contribution in [0.1, 0.15) is 45.1 Å². The van der Waals surface area contributed by atoms with Crippen LogP contribution in [0, 0.1) is 11.6 Å². The molecule has 0 aliphatic carbocycles. The van der Waals surface area contributed by atoms with Gasteiger partial charge in [0.25, 0.3) is 5.56 Å². The number of alkyl halides is 3. The van der Waals surface area contributed by atoms with Gasteiger partial charge in [0.1, 0.15) is 28.4 Å². The summed E-state index contributed by atoms with van der Waals surface area (Å²) in [6.07, 6.45) is -5.79. The van der Waals surface area contributed by atoms with Crippen molar-refractivity contribution in [3.8, 4) is 5.69 Å². The zero-order valence-electron chi connectivity index (χ0n) is 18.1. The Bertz CT molecular complexity index is 1280. The number of hydrogen-bond donors (Lipinski definition) is 1. The van der Waals surface area contributed by atoms with E-state index in [9.17, 15) is 31.5 Å². The Kier molecular flexibility index (Phi) is 6.18. The van der Waals surface area contributed by atoms with E-state index in [4.69, 9.17) is 4.74 Å². The molecule has 0 spiro atoms. The van der Waals surface area contributed by atoms with Gasteiger partial charge in [0.05, 0.1) is 22.8 Å². The number of alkyl carbamates (subject to hydrolysis) is 1. The van der Waals surface area contributed by atoms with E-state index in [2.05, 4.69) is 10.3 Å². The van der Waals surface area contributed by atoms with Gasteiger partial charge in [-0.05, 0) is 58.0 Å². The predicted octanol–water partition coefficient (Wildman–Crippen LogP) is 5.27. The third-order valence-corrected chi connectivity index (χ3v) is 4.46. The molecule has 176 valence electrons. The lowest BCUT2D eigenvalue weighted by Gasteiger charge is -2.23. The van der Waals surface area contributed by atoms with E-state index >= 15 is 0 Å². The number of aromatic nitrogens is 2. The molecule has 0 aliphatic rings. The van der Waals surface area contributed by atoms with Gasteiger partial charge in [0.2, 0.25) is 0 Å². The smallest absolute Gasteiger partial charge is 0.416 e. The molecular formula is C22H20F5N3O3. The summed E-state index contributed by atoms with van der Waals surface area (Å²) in [6, 6.07) is 4.04. The summed E-state index contributed by atoms with van der Waals surface area (Å²) >= 11 is 0. The maximum absolute atomic E-state index is 14.4. The lowest BCUT2D eigenvalue weighted by molar-refractivity contribution is -0.137. The van der Waals surface area contributed by atoms with E-state index in [1.54, 1.807) is 20.8 Å². The Labute approximate surface area is 185 Å². The zero-order valence-corrected chi connectivity index (χ0v) is 18.1. The van der Waals surface area contributed by atoms with Gasteiger partial charge in [0.15, 0.2) is 0 Å². The van der Waals surface area contributed by atoms with Gasteiger partial charge in [-0.2, -0.15) is 13.2 Å². The Hall–Kier alpha value is -3.50. The summed E-state index contributed by atoms with van der Waals surface area (Å²) in [6.45, 7) is 6.26. The van der Waals surface area contributed by atoms with Crippen molar-refractivity contribution in [1.29, 1.82) is 0 Å². The number of fused-ring (bicyclic) bond motifs is 1. The summed E-state index contributed by atoms with van der Waals surface area (Å²) in [5.74, 6) is -2.47. The molecule has 2 aromatic carbocycles. The van der Waals surface area contributed by atoms with E-state index in [0.29, 0.717) is 16.7 Å². The summed E-state index contributed by atoms with van der Waals surface area (Å²) in [4.78, 5) is 29.6. The number of nitrogens with zero attached hydrogens (tertiary/aromatic N) is 2. The number of carbonyl (C=O) groups is 1. The quantitative estimate of drug-likeness (QED) is 0.531. The van der Waals surface area contributed by atoms with Gasteiger partial charge >= 0.3 is 12.3 Å². The van der Waals surface area contributed by atoms with Crippen LogP contribution < -0.4 is 10.9 Å². The molecule has 1 N–H and O–H groups in total. The van der Waals surface area contributed by atoms with Crippen molar-refractivity contribution in [2.45, 2.75) is 45.5 Å². The highest BCUT2D eigenvalue weighted by Crippen LogP contribution is 2.32. The van der Waals surface area contributed by atoms with Crippen molar-refractivity contribution in [2.24, 2.45) is 0 Å². The van der Waals surface area contributed by atoms with E-state index in [1.807, 2.05) is 0 Å². The SMILES string of the molecule is CC(NC(=O)OC(C)(C)C)c1nc2cccc(F)c2c(=O)n1-c1cc(F)cc(C(F)(F)F)c1. The monoisotopic (exact) mass is 469 g/mol. The minimum absolute atomic E-state index is 0.0865. The van der Waals surface area contributed by atoms with Crippen LogP contribution >= 0.6 is 0 Å². The second-order valence-corrected chi connectivity index (χ2v) is 8.31. The van der Waals surface area contributed by atoms with Crippen molar-refractivity contribution in [3.05, 3.63) is 69.8 Å². The summed E-state index contributed by atoms with van der Waals surface area (Å²) in [7, 11) is 0. The number of ether oxygens (including phenoxy) is 1. The van der Waals surface area contributed by atoms with Crippen LogP contribution in [0.4, 0.5) is 26.7 Å². The fourth-order valence-corrected chi connectivity index (χ4v) is 3.16. The standard InChI is InChI=1S/C22H20F5N3O3/c1-11(28-20(32)33-21(2,3)4)18-29-16-7-5-6-15(24)17(16)19(31)30(18)14-9-12(22(25,26)27)8-13(23)10-14/h5-11H,1-4H3,(H,28,32). The maximum Gasteiger partial charge on any atom is 0.416 e. The largest absolute Gasteiger partial charge is 0.444 e. The molecule has 0 aliphatic heterocycles. The molecular weight excluding hydrogens is 449 g/mol. The third kappa shape index (κ3) is 5.29. The van der Waals surface area contributed by atoms with Crippen LogP contribution in [-0.4, -0.2) is 21.2 Å². The Balaban J connectivity index is 2.27. The van der Waals surface area contributed by atoms with Crippen LogP contribution in [0.2, 0.25) is 0 Å². The van der Waals surface area contributed by atoms with Crippen LogP contribution in [0.25, 0.3) is 16.6 Å². The second-order valence-electron chi connectivity index (χ2n) is 8.31. The first kappa shape index (κ1) is 24.1. The Morgan fingerprint density at radius 1 is 1.12 bits per heavy atom. The highest BCUT2D eigenvalue weighted by atomic mass is 19.4. The molecule has 33 heavy (non-hydrogen) atoms. The number of carbonyl (C=O) groups excluding carboxylic acids is 1. The van der Waals surface area contributed by atoms with Gasteiger partial charge in [-0.25, -0.2) is 18.6 Å². The molecule has 1 aromatic heterocycles. The summed E-state index contributed by atoms with van der Waals surface area (Å²) < 4.78 is 74.1. The maximum atomic E-state index is 14.4. The minimum atomic E-state index is -4.91. The van der Waals surface area contributed by atoms with Crippen LogP contribution in [0.5, 0.6) is 0 Å². The number of halogens is 5. The fourth-order valence-electron chi connectivity index (χ4n) is 3.16. The molecule has 0 saturated carbocycles. The normalized spacial score (nSPS) is 13.1. The number of benzene rings is 2. The van der Waals surface area contributed by atoms with E-state index < -0.39 is 57.7 Å². The summed E-state index contributed by atoms with van der Waals surface area (Å²) in [5, 5.41) is 1.94. The molecule has 0 bridgehead atoms. The van der Waals surface area contributed by atoms with Gasteiger partial charge in [-0.15, -0.1) is 0 Å². The number of nitrogens with one attached hydrogen (secondary N) is 1. The van der Waals surface area contributed by atoms with Crippen LogP contribution in [0.15, 0.2) is 41.2 Å². The second kappa shape index (κ2) is 8.45. The van der Waals surface area contributed by atoms with Crippen molar-refractivity contribution in [3.63, 3.8) is 0 Å². The highest BCUT2D eigenvalue weighted by molar-refractivity contribution is 5.79. The van der Waals surface area contributed by atoms with Gasteiger partial charge in [-0.1, -0.05) is 6.07 Å². The average molecular weight is 469 g/mol. The Morgan fingerprint density at radius 3 is 2.39 bits per heavy atom. The lowest BCUT2D eigenvalue weighted by atomic mass is 10.1. The molecule has 0 saturated heterocycles. The van der Waals surface area contributed by atoms with Crippen molar-refractivity contribution >= 4 is 17.0 Å². The molecule has 11 heteroatoms. The first-order valence-corrected chi connectivity index (χ1v) is 9.76. The molecule has 1 heterocycles. The van der Waals surface area contributed by atoms with Gasteiger partial charge in [-0.3, -0.25) is 9.36 Å². The zero-order chi connectivity index (χ0) is 24.7. The van der Waals surface area contributed by atoms with Crippen molar-refractivity contribution in [2.75, 3.05) is 0 Å². The lowest BCUT2D eigenvalue weighted by Crippen LogP contribution is -2.37. The molecule has 1 amide bonds. The first-order valence-electron chi connectivity index (χ1n) is 9.76. The van der Waals surface area contributed by atoms with Crippen molar-refractivity contribution in [1.82, 2.24) is 14.9 Å². The van der Waals surface area contributed by atoms with E-state index in [-0.39, 0.29) is 17.4 Å². The highest BCUT2D eigenvalue weighted by Gasteiger charge is 2.32. The van der Waals surface area contributed by atoms with E-state index in [0.717, 1.165) is 6.07 Å². The van der Waals surface area contributed by atoms with E-state index in [1.165, 1.54) is 19.1 Å². The average Bonchev–Trinajstić information content (AvgIpc) is 2.64. The predicted molar refractivity (Wildman–Crippen MR) is 110 cm³/mol.